The lowest BCUT2D eigenvalue weighted by Gasteiger charge is -2.44. The molecule has 0 bridgehead atoms. The van der Waals surface area contributed by atoms with E-state index in [2.05, 4.69) is 5.32 Å². The van der Waals surface area contributed by atoms with Gasteiger partial charge in [0.25, 0.3) is 0 Å². The molecule has 0 aromatic carbocycles. The molecular formula is C15H28N2O2. The largest absolute Gasteiger partial charge is 0.375 e. The lowest BCUT2D eigenvalue weighted by Crippen LogP contribution is -2.54. The normalized spacial score (nSPS) is 28.5. The Morgan fingerprint density at radius 1 is 1.32 bits per heavy atom. The molecule has 2 unspecified atom stereocenters. The van der Waals surface area contributed by atoms with Gasteiger partial charge in [-0.05, 0) is 31.6 Å². The molecule has 1 spiro atoms. The summed E-state index contributed by atoms with van der Waals surface area (Å²) < 4.78 is 6.08. The minimum atomic E-state index is -0.237. The first-order chi connectivity index (χ1) is 9.02. The van der Waals surface area contributed by atoms with E-state index in [9.17, 15) is 4.79 Å². The first kappa shape index (κ1) is 14.8. The minimum absolute atomic E-state index is 0.0767. The average Bonchev–Trinajstić information content (AvgIpc) is 2.36. The molecule has 1 amide bonds. The van der Waals surface area contributed by atoms with Gasteiger partial charge in [0, 0.05) is 12.6 Å². The topological polar surface area (TPSA) is 64.3 Å². The predicted molar refractivity (Wildman–Crippen MR) is 75.7 cm³/mol. The molecule has 3 N–H and O–H groups in total. The van der Waals surface area contributed by atoms with E-state index in [-0.39, 0.29) is 23.5 Å². The summed E-state index contributed by atoms with van der Waals surface area (Å²) in [5, 5.41) is 3.47. The van der Waals surface area contributed by atoms with Crippen molar-refractivity contribution in [2.75, 3.05) is 6.61 Å². The van der Waals surface area contributed by atoms with Crippen LogP contribution < -0.4 is 11.1 Å². The van der Waals surface area contributed by atoms with Gasteiger partial charge in [0.15, 0.2) is 0 Å². The molecule has 1 heterocycles. The third-order valence-electron chi connectivity index (χ3n) is 4.65. The smallest absolute Gasteiger partial charge is 0.234 e. The van der Waals surface area contributed by atoms with E-state index in [4.69, 9.17) is 10.5 Å². The monoisotopic (exact) mass is 268 g/mol. The van der Waals surface area contributed by atoms with Crippen molar-refractivity contribution in [3.63, 3.8) is 0 Å². The van der Waals surface area contributed by atoms with E-state index in [1.54, 1.807) is 0 Å². The highest BCUT2D eigenvalue weighted by Crippen LogP contribution is 2.38. The Balaban J connectivity index is 1.95. The molecule has 2 rings (SSSR count). The number of nitrogens with one attached hydrogen (secondary N) is 1. The van der Waals surface area contributed by atoms with Gasteiger partial charge in [-0.1, -0.05) is 33.1 Å². The zero-order chi connectivity index (χ0) is 13.9. The Morgan fingerprint density at radius 3 is 2.58 bits per heavy atom. The van der Waals surface area contributed by atoms with Crippen LogP contribution in [0.25, 0.3) is 0 Å². The fraction of sp³-hybridized carbons (Fsp3) is 0.933. The lowest BCUT2D eigenvalue weighted by molar-refractivity contribution is -0.125. The molecule has 0 radical (unpaired) electrons. The predicted octanol–water partition coefficient (Wildman–Crippen LogP) is 1.97. The molecule has 19 heavy (non-hydrogen) atoms. The van der Waals surface area contributed by atoms with Gasteiger partial charge in [-0.3, -0.25) is 4.79 Å². The van der Waals surface area contributed by atoms with Gasteiger partial charge in [-0.25, -0.2) is 0 Å². The summed E-state index contributed by atoms with van der Waals surface area (Å²) in [5.41, 5.74) is 5.57. The van der Waals surface area contributed by atoms with Gasteiger partial charge in [0.1, 0.15) is 0 Å². The van der Waals surface area contributed by atoms with Gasteiger partial charge in [-0.15, -0.1) is 0 Å². The molecule has 2 atom stereocenters. The van der Waals surface area contributed by atoms with Gasteiger partial charge in [0.2, 0.25) is 5.91 Å². The SMILES string of the molecule is CC(C)C(NC1CCOC2(CCCCC2)C1)C(N)=O. The number of primary amides is 1. The molecule has 0 aromatic heterocycles. The summed E-state index contributed by atoms with van der Waals surface area (Å²) in [5.74, 6) is 0.00170. The Bertz CT molecular complexity index is 306. The Labute approximate surface area is 116 Å². The van der Waals surface area contributed by atoms with Crippen LogP contribution in [0.1, 0.15) is 58.8 Å². The Morgan fingerprint density at radius 2 is 2.00 bits per heavy atom. The number of rotatable bonds is 4. The number of amides is 1. The van der Waals surface area contributed by atoms with Crippen LogP contribution in [0.2, 0.25) is 0 Å². The fourth-order valence-corrected chi connectivity index (χ4v) is 3.57. The van der Waals surface area contributed by atoms with Gasteiger partial charge >= 0.3 is 0 Å². The van der Waals surface area contributed by atoms with Crippen LogP contribution in [0.3, 0.4) is 0 Å². The molecule has 110 valence electrons. The number of nitrogens with two attached hydrogens (primary N) is 1. The van der Waals surface area contributed by atoms with E-state index >= 15 is 0 Å². The van der Waals surface area contributed by atoms with E-state index in [0.717, 1.165) is 19.4 Å². The van der Waals surface area contributed by atoms with Crippen LogP contribution in [0.15, 0.2) is 0 Å². The Kier molecular flexibility index (Phi) is 4.85. The second-order valence-electron chi connectivity index (χ2n) is 6.57. The third-order valence-corrected chi connectivity index (χ3v) is 4.65. The highest BCUT2D eigenvalue weighted by atomic mass is 16.5. The molecule has 1 saturated heterocycles. The standard InChI is InChI=1S/C15H28N2O2/c1-11(2)13(14(16)18)17-12-6-9-19-15(10-12)7-4-3-5-8-15/h11-13,17H,3-10H2,1-2H3,(H2,16,18). The molecule has 0 aromatic rings. The van der Waals surface area contributed by atoms with E-state index in [1.807, 2.05) is 13.8 Å². The first-order valence-corrected chi connectivity index (χ1v) is 7.72. The maximum atomic E-state index is 11.5. The van der Waals surface area contributed by atoms with Crippen molar-refractivity contribution in [3.8, 4) is 0 Å². The summed E-state index contributed by atoms with van der Waals surface area (Å²) >= 11 is 0. The molecular weight excluding hydrogens is 240 g/mol. The maximum Gasteiger partial charge on any atom is 0.234 e. The van der Waals surface area contributed by atoms with E-state index in [1.165, 1.54) is 32.1 Å². The van der Waals surface area contributed by atoms with Crippen LogP contribution in [0.5, 0.6) is 0 Å². The highest BCUT2D eigenvalue weighted by Gasteiger charge is 2.39. The molecule has 2 fully saturated rings. The zero-order valence-corrected chi connectivity index (χ0v) is 12.3. The van der Waals surface area contributed by atoms with Crippen LogP contribution >= 0.6 is 0 Å². The van der Waals surface area contributed by atoms with Crippen LogP contribution in [0.4, 0.5) is 0 Å². The molecule has 4 nitrogen and oxygen atoms in total. The second kappa shape index (κ2) is 6.23. The summed E-state index contributed by atoms with van der Waals surface area (Å²) in [6.45, 7) is 4.89. The first-order valence-electron chi connectivity index (χ1n) is 7.72. The third kappa shape index (κ3) is 3.69. The van der Waals surface area contributed by atoms with Crippen molar-refractivity contribution in [3.05, 3.63) is 0 Å². The van der Waals surface area contributed by atoms with Crippen molar-refractivity contribution in [1.29, 1.82) is 0 Å². The number of carbonyl (C=O) groups is 1. The van der Waals surface area contributed by atoms with Gasteiger partial charge < -0.3 is 15.8 Å². The quantitative estimate of drug-likeness (QED) is 0.819. The van der Waals surface area contributed by atoms with Crippen molar-refractivity contribution in [1.82, 2.24) is 5.32 Å². The highest BCUT2D eigenvalue weighted by molar-refractivity contribution is 5.80. The summed E-state index contributed by atoms with van der Waals surface area (Å²) in [6.07, 6.45) is 8.25. The molecule has 2 aliphatic rings. The lowest BCUT2D eigenvalue weighted by atomic mass is 9.78. The summed E-state index contributed by atoms with van der Waals surface area (Å²) in [7, 11) is 0. The van der Waals surface area contributed by atoms with Gasteiger partial charge in [-0.2, -0.15) is 0 Å². The molecule has 1 aliphatic heterocycles. The zero-order valence-electron chi connectivity index (χ0n) is 12.3. The van der Waals surface area contributed by atoms with Gasteiger partial charge in [0.05, 0.1) is 11.6 Å². The van der Waals surface area contributed by atoms with Crippen molar-refractivity contribution in [2.24, 2.45) is 11.7 Å². The number of ether oxygens (including phenoxy) is 1. The van der Waals surface area contributed by atoms with E-state index in [0.29, 0.717) is 6.04 Å². The van der Waals surface area contributed by atoms with Crippen molar-refractivity contribution < 1.29 is 9.53 Å². The molecule has 1 saturated carbocycles. The maximum absolute atomic E-state index is 11.5. The Hall–Kier alpha value is -0.610. The molecule has 1 aliphatic carbocycles. The van der Waals surface area contributed by atoms with E-state index < -0.39 is 0 Å². The number of hydrogen-bond donors (Lipinski definition) is 2. The van der Waals surface area contributed by atoms with Crippen LogP contribution in [-0.2, 0) is 9.53 Å². The minimum Gasteiger partial charge on any atom is -0.375 e. The van der Waals surface area contributed by atoms with Crippen LogP contribution in [0, 0.1) is 5.92 Å². The summed E-state index contributed by atoms with van der Waals surface area (Å²) in [4.78, 5) is 11.5. The summed E-state index contributed by atoms with van der Waals surface area (Å²) in [6, 6.07) is 0.149. The second-order valence-corrected chi connectivity index (χ2v) is 6.57. The average molecular weight is 268 g/mol. The van der Waals surface area contributed by atoms with Crippen molar-refractivity contribution >= 4 is 5.91 Å². The fourth-order valence-electron chi connectivity index (χ4n) is 3.57. The number of carbonyl (C=O) groups excluding carboxylic acids is 1. The number of hydrogen-bond acceptors (Lipinski definition) is 3. The van der Waals surface area contributed by atoms with Crippen molar-refractivity contribution in [2.45, 2.75) is 76.5 Å². The molecule has 4 heteroatoms. The van der Waals surface area contributed by atoms with Crippen LogP contribution in [-0.4, -0.2) is 30.2 Å².